The van der Waals surface area contributed by atoms with E-state index in [0.717, 1.165) is 43.7 Å². The first-order valence-corrected chi connectivity index (χ1v) is 11.2. The summed E-state index contributed by atoms with van der Waals surface area (Å²) in [6.45, 7) is 5.83. The van der Waals surface area contributed by atoms with E-state index in [2.05, 4.69) is 50.6 Å². The summed E-state index contributed by atoms with van der Waals surface area (Å²) in [6, 6.07) is 13.6. The van der Waals surface area contributed by atoms with Crippen LogP contribution in [0.2, 0.25) is 5.02 Å². The smallest absolute Gasteiger partial charge is 0.249 e. The summed E-state index contributed by atoms with van der Waals surface area (Å²) >= 11 is 6.30. The minimum atomic E-state index is -0.469. The Balaban J connectivity index is 1.48. The van der Waals surface area contributed by atoms with E-state index < -0.39 is 5.91 Å². The van der Waals surface area contributed by atoms with Crippen LogP contribution in [0, 0.1) is 0 Å². The minimum Gasteiger partial charge on any atom is -0.366 e. The van der Waals surface area contributed by atoms with Gasteiger partial charge in [0.05, 0.1) is 6.20 Å². The molecule has 0 spiro atoms. The molecule has 0 bridgehead atoms. The molecule has 1 aliphatic heterocycles. The molecule has 1 amide bonds. The van der Waals surface area contributed by atoms with Crippen molar-refractivity contribution < 1.29 is 4.79 Å². The van der Waals surface area contributed by atoms with Gasteiger partial charge in [0.15, 0.2) is 5.82 Å². The summed E-state index contributed by atoms with van der Waals surface area (Å²) in [5.74, 6) is 0.462. The van der Waals surface area contributed by atoms with Gasteiger partial charge in [-0.2, -0.15) is 4.98 Å². The Hall–Kier alpha value is -3.16. The van der Waals surface area contributed by atoms with Crippen molar-refractivity contribution in [3.05, 3.63) is 75.9 Å². The number of likely N-dealkylation sites (N-methyl/N-ethyl adjacent to an activating group) is 1. The number of nitrogens with zero attached hydrogens (tertiary/aromatic N) is 3. The van der Waals surface area contributed by atoms with Crippen LogP contribution in [0.1, 0.15) is 34.0 Å². The normalized spacial score (nSPS) is 13.8. The Bertz CT molecular complexity index is 1120. The first kappa shape index (κ1) is 22.0. The number of aromatic nitrogens is 2. The van der Waals surface area contributed by atoms with Crippen LogP contribution in [0.5, 0.6) is 0 Å². The topological polar surface area (TPSA) is 96.2 Å². The van der Waals surface area contributed by atoms with Gasteiger partial charge in [-0.3, -0.25) is 4.79 Å². The molecule has 7 nitrogen and oxygen atoms in total. The van der Waals surface area contributed by atoms with Gasteiger partial charge in [-0.1, -0.05) is 42.8 Å². The SMILES string of the molecule is CCN1CCc2ccc(Nc3ncc(Cl)c(NCc4ccccc4C(N)=O)n3)cc2CC1. The van der Waals surface area contributed by atoms with Gasteiger partial charge in [-0.05, 0) is 54.3 Å². The van der Waals surface area contributed by atoms with E-state index in [0.29, 0.717) is 28.9 Å². The molecule has 166 valence electrons. The number of nitrogens with one attached hydrogen (secondary N) is 2. The van der Waals surface area contributed by atoms with Crippen molar-refractivity contribution in [3.8, 4) is 0 Å². The maximum absolute atomic E-state index is 11.6. The van der Waals surface area contributed by atoms with E-state index in [1.165, 1.54) is 11.1 Å². The largest absolute Gasteiger partial charge is 0.366 e. The number of hydrogen-bond acceptors (Lipinski definition) is 6. The fourth-order valence-corrected chi connectivity index (χ4v) is 4.10. The van der Waals surface area contributed by atoms with Crippen LogP contribution in [0.4, 0.5) is 17.5 Å². The lowest BCUT2D eigenvalue weighted by Gasteiger charge is -2.16. The first-order chi connectivity index (χ1) is 15.5. The summed E-state index contributed by atoms with van der Waals surface area (Å²) < 4.78 is 0. The van der Waals surface area contributed by atoms with Gasteiger partial charge < -0.3 is 21.3 Å². The number of carbonyl (C=O) groups excluding carboxylic acids is 1. The zero-order valence-electron chi connectivity index (χ0n) is 18.1. The molecule has 3 aromatic rings. The van der Waals surface area contributed by atoms with E-state index in [9.17, 15) is 4.79 Å². The fraction of sp³-hybridized carbons (Fsp3) is 0.292. The van der Waals surface area contributed by atoms with Crippen LogP contribution in [0.15, 0.2) is 48.7 Å². The van der Waals surface area contributed by atoms with E-state index >= 15 is 0 Å². The van der Waals surface area contributed by atoms with Crippen molar-refractivity contribution in [3.63, 3.8) is 0 Å². The van der Waals surface area contributed by atoms with Crippen molar-refractivity contribution in [2.45, 2.75) is 26.3 Å². The van der Waals surface area contributed by atoms with Gasteiger partial charge in [-0.25, -0.2) is 4.98 Å². The lowest BCUT2D eigenvalue weighted by molar-refractivity contribution is 0.0999. The second-order valence-corrected chi connectivity index (χ2v) is 8.22. The molecule has 0 fully saturated rings. The van der Waals surface area contributed by atoms with Gasteiger partial charge in [0.1, 0.15) is 5.02 Å². The zero-order valence-corrected chi connectivity index (χ0v) is 18.8. The van der Waals surface area contributed by atoms with Crippen LogP contribution in [-0.2, 0) is 19.4 Å². The highest BCUT2D eigenvalue weighted by atomic mass is 35.5. The third-order valence-electron chi connectivity index (χ3n) is 5.78. The van der Waals surface area contributed by atoms with Crippen molar-refractivity contribution in [2.75, 3.05) is 30.3 Å². The average Bonchev–Trinajstić information content (AvgIpc) is 3.01. The second-order valence-electron chi connectivity index (χ2n) is 7.81. The number of benzene rings is 2. The molecule has 2 heterocycles. The molecule has 0 atom stereocenters. The number of anilines is 3. The van der Waals surface area contributed by atoms with Gasteiger partial charge in [-0.15, -0.1) is 0 Å². The number of rotatable bonds is 7. The predicted octanol–water partition coefficient (Wildman–Crippen LogP) is 4.01. The Morgan fingerprint density at radius 3 is 2.72 bits per heavy atom. The lowest BCUT2D eigenvalue weighted by atomic mass is 10.0. The number of hydrogen-bond donors (Lipinski definition) is 3. The van der Waals surface area contributed by atoms with E-state index in [-0.39, 0.29) is 0 Å². The summed E-state index contributed by atoms with van der Waals surface area (Å²) in [4.78, 5) is 23.0. The molecule has 0 saturated carbocycles. The number of amides is 1. The number of nitrogens with two attached hydrogens (primary N) is 1. The van der Waals surface area contributed by atoms with Gasteiger partial charge >= 0.3 is 0 Å². The van der Waals surface area contributed by atoms with Crippen LogP contribution in [0.25, 0.3) is 0 Å². The Labute approximate surface area is 193 Å². The van der Waals surface area contributed by atoms with Gasteiger partial charge in [0.25, 0.3) is 0 Å². The summed E-state index contributed by atoms with van der Waals surface area (Å²) in [7, 11) is 0. The number of halogens is 1. The quantitative estimate of drug-likeness (QED) is 0.503. The molecule has 0 radical (unpaired) electrons. The van der Waals surface area contributed by atoms with Crippen molar-refractivity contribution >= 4 is 35.0 Å². The number of primary amides is 1. The number of carbonyl (C=O) groups is 1. The summed E-state index contributed by atoms with van der Waals surface area (Å²) in [5.41, 5.74) is 10.4. The van der Waals surface area contributed by atoms with Crippen molar-refractivity contribution in [1.82, 2.24) is 14.9 Å². The standard InChI is InChI=1S/C24H27ClN6O/c1-2-31-11-9-16-7-8-19(13-17(16)10-12-31)29-24-28-15-21(25)23(30-24)27-14-18-5-3-4-6-20(18)22(26)32/h3-8,13,15H,2,9-12,14H2,1H3,(H2,26,32)(H2,27,28,29,30). The van der Waals surface area contributed by atoms with Gasteiger partial charge in [0.2, 0.25) is 11.9 Å². The molecule has 8 heteroatoms. The van der Waals surface area contributed by atoms with E-state index in [1.807, 2.05) is 12.1 Å². The zero-order chi connectivity index (χ0) is 22.5. The predicted molar refractivity (Wildman–Crippen MR) is 129 cm³/mol. The van der Waals surface area contributed by atoms with Crippen LogP contribution in [0.3, 0.4) is 0 Å². The molecule has 1 aromatic heterocycles. The lowest BCUT2D eigenvalue weighted by Crippen LogP contribution is -2.25. The van der Waals surface area contributed by atoms with Crippen LogP contribution >= 0.6 is 11.6 Å². The molecule has 32 heavy (non-hydrogen) atoms. The average molecular weight is 451 g/mol. The third-order valence-corrected chi connectivity index (χ3v) is 6.05. The molecule has 2 aromatic carbocycles. The molecule has 1 aliphatic rings. The third kappa shape index (κ3) is 5.18. The number of fused-ring (bicyclic) bond motifs is 1. The molecule has 0 aliphatic carbocycles. The Morgan fingerprint density at radius 2 is 1.94 bits per heavy atom. The van der Waals surface area contributed by atoms with Crippen molar-refractivity contribution in [2.24, 2.45) is 5.73 Å². The maximum atomic E-state index is 11.6. The molecular formula is C24H27ClN6O. The summed E-state index contributed by atoms with van der Waals surface area (Å²) in [5, 5.41) is 6.87. The molecule has 4 rings (SSSR count). The highest BCUT2D eigenvalue weighted by Gasteiger charge is 2.14. The van der Waals surface area contributed by atoms with Crippen LogP contribution < -0.4 is 16.4 Å². The highest BCUT2D eigenvalue weighted by Crippen LogP contribution is 2.25. The highest BCUT2D eigenvalue weighted by molar-refractivity contribution is 6.32. The van der Waals surface area contributed by atoms with E-state index in [4.69, 9.17) is 17.3 Å². The first-order valence-electron chi connectivity index (χ1n) is 10.8. The molecule has 0 unspecified atom stereocenters. The fourth-order valence-electron chi connectivity index (χ4n) is 3.94. The Kier molecular flexibility index (Phi) is 6.87. The minimum absolute atomic E-state index is 0.363. The van der Waals surface area contributed by atoms with Crippen LogP contribution in [-0.4, -0.2) is 40.4 Å². The van der Waals surface area contributed by atoms with E-state index in [1.54, 1.807) is 18.3 Å². The maximum Gasteiger partial charge on any atom is 0.249 e. The molecule has 4 N–H and O–H groups in total. The molecule has 0 saturated heterocycles. The van der Waals surface area contributed by atoms with Gasteiger partial charge in [0, 0.05) is 30.9 Å². The Morgan fingerprint density at radius 1 is 1.16 bits per heavy atom. The molecular weight excluding hydrogens is 424 g/mol. The van der Waals surface area contributed by atoms with Crippen molar-refractivity contribution in [1.29, 1.82) is 0 Å². The monoisotopic (exact) mass is 450 g/mol. The summed E-state index contributed by atoms with van der Waals surface area (Å²) in [6.07, 6.45) is 3.66. The second kappa shape index (κ2) is 9.97.